The van der Waals surface area contributed by atoms with Gasteiger partial charge in [-0.25, -0.2) is 8.42 Å². The predicted octanol–water partition coefficient (Wildman–Crippen LogP) is 5.78. The number of nitrogens with zero attached hydrogens (tertiary/aromatic N) is 1. The van der Waals surface area contributed by atoms with E-state index in [2.05, 4.69) is 5.32 Å². The van der Waals surface area contributed by atoms with Gasteiger partial charge in [-0.1, -0.05) is 66.6 Å². The lowest BCUT2D eigenvalue weighted by molar-refractivity contribution is -0.137. The molecule has 186 valence electrons. The topological polar surface area (TPSA) is 66.5 Å². The second-order valence-electron chi connectivity index (χ2n) is 8.10. The molecule has 0 saturated heterocycles. The minimum atomic E-state index is -4.81. The lowest BCUT2D eigenvalue weighted by Gasteiger charge is -2.25. The predicted molar refractivity (Wildman–Crippen MR) is 130 cm³/mol. The van der Waals surface area contributed by atoms with Crippen LogP contribution in [-0.4, -0.2) is 27.4 Å². The van der Waals surface area contributed by atoms with E-state index in [-0.39, 0.29) is 23.0 Å². The van der Waals surface area contributed by atoms with Crippen LogP contribution < -0.4 is 9.62 Å². The van der Waals surface area contributed by atoms with Crippen LogP contribution in [0.2, 0.25) is 5.02 Å². The number of sulfonamides is 1. The molecular weight excluding hydrogens is 501 g/mol. The zero-order valence-electron chi connectivity index (χ0n) is 19.0. The molecule has 35 heavy (non-hydrogen) atoms. The molecule has 0 aliphatic rings. The highest BCUT2D eigenvalue weighted by Crippen LogP contribution is 2.38. The number of carbonyl (C=O) groups excluding carboxylic acids is 1. The Bertz CT molecular complexity index is 1280. The van der Waals surface area contributed by atoms with Gasteiger partial charge in [0.15, 0.2) is 0 Å². The average Bonchev–Trinajstić information content (AvgIpc) is 2.81. The van der Waals surface area contributed by atoms with Crippen molar-refractivity contribution < 1.29 is 26.4 Å². The number of carbonyl (C=O) groups is 1. The SMILES string of the molecule is Cc1ccc(S(=O)(=O)N(CC(=O)NCC(C)c2ccccc2)c2ccc(Cl)c(C(F)(F)F)c2)cc1. The quantitative estimate of drug-likeness (QED) is 0.406. The molecule has 0 spiro atoms. The van der Waals surface area contributed by atoms with Gasteiger partial charge in [-0.05, 0) is 48.7 Å². The Morgan fingerprint density at radius 2 is 1.66 bits per heavy atom. The zero-order chi connectivity index (χ0) is 25.8. The molecule has 0 aliphatic heterocycles. The number of halogens is 4. The van der Waals surface area contributed by atoms with Crippen LogP contribution in [0.3, 0.4) is 0 Å². The average molecular weight is 525 g/mol. The third kappa shape index (κ3) is 6.55. The Morgan fingerprint density at radius 1 is 1.03 bits per heavy atom. The molecule has 0 saturated carbocycles. The fraction of sp³-hybridized carbons (Fsp3) is 0.240. The fourth-order valence-corrected chi connectivity index (χ4v) is 5.03. The molecule has 0 aromatic heterocycles. The van der Waals surface area contributed by atoms with Gasteiger partial charge in [-0.2, -0.15) is 13.2 Å². The van der Waals surface area contributed by atoms with Crippen molar-refractivity contribution in [3.05, 3.63) is 94.5 Å². The van der Waals surface area contributed by atoms with Crippen molar-refractivity contribution >= 4 is 33.2 Å². The molecule has 0 heterocycles. The highest BCUT2D eigenvalue weighted by molar-refractivity contribution is 7.92. The number of hydrogen-bond acceptors (Lipinski definition) is 3. The van der Waals surface area contributed by atoms with E-state index in [1.165, 1.54) is 12.1 Å². The molecule has 5 nitrogen and oxygen atoms in total. The lowest BCUT2D eigenvalue weighted by atomic mass is 10.0. The number of aryl methyl sites for hydroxylation is 1. The van der Waals surface area contributed by atoms with Gasteiger partial charge >= 0.3 is 6.18 Å². The van der Waals surface area contributed by atoms with E-state index in [0.717, 1.165) is 23.3 Å². The standard InChI is InChI=1S/C25H24ClF3N2O3S/c1-17-8-11-21(12-9-17)35(33,34)31(20-10-13-23(26)22(14-20)25(27,28)29)16-24(32)30-15-18(2)19-6-4-3-5-7-19/h3-14,18H,15-16H2,1-2H3,(H,30,32). The van der Waals surface area contributed by atoms with Crippen LogP contribution in [-0.2, 0) is 21.0 Å². The number of alkyl halides is 3. The summed E-state index contributed by atoms with van der Waals surface area (Å²) < 4.78 is 67.9. The number of anilines is 1. The van der Waals surface area contributed by atoms with E-state index < -0.39 is 39.2 Å². The first-order chi connectivity index (χ1) is 16.4. The van der Waals surface area contributed by atoms with Crippen molar-refractivity contribution in [1.29, 1.82) is 0 Å². The Labute approximate surface area is 207 Å². The molecule has 0 bridgehead atoms. The summed E-state index contributed by atoms with van der Waals surface area (Å²) in [7, 11) is -4.37. The molecule has 0 radical (unpaired) electrons. The maximum atomic E-state index is 13.5. The van der Waals surface area contributed by atoms with E-state index in [4.69, 9.17) is 11.6 Å². The van der Waals surface area contributed by atoms with Crippen molar-refractivity contribution in [1.82, 2.24) is 5.32 Å². The van der Waals surface area contributed by atoms with Crippen LogP contribution in [0.5, 0.6) is 0 Å². The molecule has 0 fully saturated rings. The Morgan fingerprint density at radius 3 is 2.26 bits per heavy atom. The van der Waals surface area contributed by atoms with Gasteiger partial charge in [0, 0.05) is 6.54 Å². The molecule has 3 rings (SSSR count). The van der Waals surface area contributed by atoms with Crippen molar-refractivity contribution in [3.63, 3.8) is 0 Å². The second-order valence-corrected chi connectivity index (χ2v) is 10.4. The Balaban J connectivity index is 1.93. The molecule has 10 heteroatoms. The van der Waals surface area contributed by atoms with Crippen molar-refractivity contribution in [2.75, 3.05) is 17.4 Å². The highest BCUT2D eigenvalue weighted by atomic mass is 35.5. The summed E-state index contributed by atoms with van der Waals surface area (Å²) in [5.74, 6) is -0.721. The van der Waals surface area contributed by atoms with Crippen molar-refractivity contribution in [2.24, 2.45) is 0 Å². The van der Waals surface area contributed by atoms with Crippen LogP contribution in [0, 0.1) is 6.92 Å². The number of nitrogens with one attached hydrogen (secondary N) is 1. The molecule has 3 aromatic rings. The first kappa shape index (κ1) is 26.6. The molecular formula is C25H24ClF3N2O3S. The van der Waals surface area contributed by atoms with Gasteiger partial charge in [-0.15, -0.1) is 0 Å². The summed E-state index contributed by atoms with van der Waals surface area (Å²) in [4.78, 5) is 12.6. The number of amides is 1. The van der Waals surface area contributed by atoms with Gasteiger partial charge in [-0.3, -0.25) is 9.10 Å². The van der Waals surface area contributed by atoms with E-state index in [9.17, 15) is 26.4 Å². The molecule has 1 unspecified atom stereocenters. The summed E-state index contributed by atoms with van der Waals surface area (Å²) in [5.41, 5.74) is 0.255. The fourth-order valence-electron chi connectivity index (χ4n) is 3.39. The zero-order valence-corrected chi connectivity index (χ0v) is 20.6. The highest BCUT2D eigenvalue weighted by Gasteiger charge is 2.35. The summed E-state index contributed by atoms with van der Waals surface area (Å²) in [5, 5.41) is 2.10. The summed E-state index contributed by atoms with van der Waals surface area (Å²) >= 11 is 5.72. The van der Waals surface area contributed by atoms with E-state index in [1.54, 1.807) is 19.1 Å². The van der Waals surface area contributed by atoms with Crippen molar-refractivity contribution in [3.8, 4) is 0 Å². The third-order valence-corrected chi connectivity index (χ3v) is 7.53. The third-order valence-electron chi connectivity index (χ3n) is 5.41. The molecule has 1 amide bonds. The van der Waals surface area contributed by atoms with Gasteiger partial charge in [0.25, 0.3) is 10.0 Å². The summed E-state index contributed by atoms with van der Waals surface area (Å²) in [6, 6.07) is 17.9. The minimum absolute atomic E-state index is 0.0605. The first-order valence-electron chi connectivity index (χ1n) is 10.7. The minimum Gasteiger partial charge on any atom is -0.354 e. The van der Waals surface area contributed by atoms with Crippen LogP contribution in [0.25, 0.3) is 0 Å². The smallest absolute Gasteiger partial charge is 0.354 e. The van der Waals surface area contributed by atoms with Gasteiger partial charge in [0.1, 0.15) is 6.54 Å². The molecule has 1 atom stereocenters. The van der Waals surface area contributed by atoms with Gasteiger partial charge in [0.05, 0.1) is 21.2 Å². The monoisotopic (exact) mass is 524 g/mol. The number of benzene rings is 3. The molecule has 0 aliphatic carbocycles. The van der Waals surface area contributed by atoms with Crippen LogP contribution in [0.1, 0.15) is 29.5 Å². The summed E-state index contributed by atoms with van der Waals surface area (Å²) in [6.07, 6.45) is -4.81. The second kappa shape index (κ2) is 10.7. The Kier molecular flexibility index (Phi) is 8.12. The largest absolute Gasteiger partial charge is 0.417 e. The molecule has 1 N–H and O–H groups in total. The van der Waals surface area contributed by atoms with E-state index >= 15 is 0 Å². The number of hydrogen-bond donors (Lipinski definition) is 1. The normalized spacial score (nSPS) is 12.7. The van der Waals surface area contributed by atoms with E-state index in [1.807, 2.05) is 37.3 Å². The molecule has 3 aromatic carbocycles. The maximum Gasteiger partial charge on any atom is 0.417 e. The summed E-state index contributed by atoms with van der Waals surface area (Å²) in [6.45, 7) is 3.17. The Hall–Kier alpha value is -3.04. The van der Waals surface area contributed by atoms with Gasteiger partial charge in [0.2, 0.25) is 5.91 Å². The first-order valence-corrected chi connectivity index (χ1v) is 12.5. The lowest BCUT2D eigenvalue weighted by Crippen LogP contribution is -2.41. The van der Waals surface area contributed by atoms with Gasteiger partial charge < -0.3 is 5.32 Å². The van der Waals surface area contributed by atoms with Crippen LogP contribution in [0.4, 0.5) is 18.9 Å². The van der Waals surface area contributed by atoms with E-state index in [0.29, 0.717) is 10.4 Å². The maximum absolute atomic E-state index is 13.5. The van der Waals surface area contributed by atoms with Crippen LogP contribution in [0.15, 0.2) is 77.7 Å². The van der Waals surface area contributed by atoms with Crippen LogP contribution >= 0.6 is 11.6 Å². The number of rotatable bonds is 8. The van der Waals surface area contributed by atoms with Crippen molar-refractivity contribution in [2.45, 2.75) is 30.8 Å².